The molecule has 0 spiro atoms. The maximum atomic E-state index is 11.1. The third kappa shape index (κ3) is 4.67. The van der Waals surface area contributed by atoms with E-state index in [0.29, 0.717) is 5.56 Å². The number of nitrogens with zero attached hydrogens (tertiary/aromatic N) is 1. The van der Waals surface area contributed by atoms with E-state index >= 15 is 0 Å². The Balaban J connectivity index is 2.32. The van der Waals surface area contributed by atoms with E-state index in [4.69, 9.17) is 9.79 Å². The van der Waals surface area contributed by atoms with E-state index in [1.165, 1.54) is 12.1 Å². The number of hydrogen-bond acceptors (Lipinski definition) is 5. The van der Waals surface area contributed by atoms with Gasteiger partial charge in [0.2, 0.25) is 0 Å². The molecule has 2 unspecified atom stereocenters. The molecule has 0 bridgehead atoms. The predicted octanol–water partition coefficient (Wildman–Crippen LogP) is 1.34. The van der Waals surface area contributed by atoms with Gasteiger partial charge in [-0.05, 0) is 24.1 Å². The van der Waals surface area contributed by atoms with Gasteiger partial charge >= 0.3 is 7.75 Å². The number of aliphatic hydroxyl groups is 3. The summed E-state index contributed by atoms with van der Waals surface area (Å²) in [4.78, 5) is 17.9. The normalized spacial score (nSPS) is 21.7. The summed E-state index contributed by atoms with van der Waals surface area (Å²) in [6.07, 6.45) is 0.651. The van der Waals surface area contributed by atoms with Gasteiger partial charge in [-0.3, -0.25) is 0 Å². The molecule has 6 N–H and O–H groups in total. The topological polar surface area (TPSA) is 151 Å². The van der Waals surface area contributed by atoms with Gasteiger partial charge < -0.3 is 30.2 Å². The van der Waals surface area contributed by atoms with Gasteiger partial charge in [0.15, 0.2) is 0 Å². The van der Waals surface area contributed by atoms with Crippen molar-refractivity contribution in [2.24, 2.45) is 10.7 Å². The molecule has 0 aromatic heterocycles. The van der Waals surface area contributed by atoms with Crippen molar-refractivity contribution in [3.05, 3.63) is 53.5 Å². The lowest BCUT2D eigenvalue weighted by Crippen LogP contribution is -2.33. The first-order valence-corrected chi connectivity index (χ1v) is 8.15. The number of phenolic OH excluding ortho intramolecular Hbond substituents is 1. The van der Waals surface area contributed by atoms with E-state index in [2.05, 4.69) is 4.76 Å². The van der Waals surface area contributed by atoms with Crippen LogP contribution in [0.2, 0.25) is 0 Å². The molecule has 2 atom stereocenters. The van der Waals surface area contributed by atoms with Crippen LogP contribution in [0.25, 0.3) is 0 Å². The van der Waals surface area contributed by atoms with Crippen molar-refractivity contribution >= 4 is 13.5 Å². The summed E-state index contributed by atoms with van der Waals surface area (Å²) in [6, 6.07) is 6.08. The third-order valence-electron chi connectivity index (χ3n) is 3.21. The minimum absolute atomic E-state index is 0.000225. The Kier molecular flexibility index (Phi) is 4.91. The first kappa shape index (κ1) is 17.2. The van der Waals surface area contributed by atoms with Crippen LogP contribution in [-0.4, -0.2) is 42.0 Å². The molecule has 23 heavy (non-hydrogen) atoms. The summed E-state index contributed by atoms with van der Waals surface area (Å²) in [7, 11) is -4.81. The minimum Gasteiger partial charge on any atom is -0.511 e. The summed E-state index contributed by atoms with van der Waals surface area (Å²) in [5, 5.41) is 39.1. The molecule has 8 nitrogen and oxygen atoms in total. The summed E-state index contributed by atoms with van der Waals surface area (Å²) in [5.41, 5.74) is 0.225. The molecule has 9 heteroatoms. The highest BCUT2D eigenvalue weighted by Gasteiger charge is 2.32. The predicted molar refractivity (Wildman–Crippen MR) is 82.2 cm³/mol. The van der Waals surface area contributed by atoms with Crippen LogP contribution in [0.15, 0.2) is 52.7 Å². The molecule has 1 aliphatic carbocycles. The van der Waals surface area contributed by atoms with E-state index in [1.807, 2.05) is 0 Å². The zero-order chi connectivity index (χ0) is 17.2. The maximum absolute atomic E-state index is 11.1. The Morgan fingerprint density at radius 2 is 1.87 bits per heavy atom. The second-order valence-corrected chi connectivity index (χ2v) is 6.32. The van der Waals surface area contributed by atoms with Crippen LogP contribution in [0.3, 0.4) is 0 Å². The first-order valence-electron chi connectivity index (χ1n) is 6.58. The molecule has 0 saturated heterocycles. The molecule has 1 aliphatic rings. The fourth-order valence-corrected chi connectivity index (χ4v) is 2.84. The Labute approximate surface area is 131 Å². The lowest BCUT2D eigenvalue weighted by Gasteiger charge is -2.25. The standard InChI is InChI=1S/C14H16NO7P/c16-9-3-1-2-8(4-9)5-12(18)14-11(15-23(20,21)22)6-10(17)7-13(14)19/h1-4,6-7,12,14,16-19H,5H2,(H2,20,21,22)/b15-11+. The van der Waals surface area contributed by atoms with Crippen LogP contribution in [-0.2, 0) is 11.0 Å². The average Bonchev–Trinajstić information content (AvgIpc) is 2.35. The minimum atomic E-state index is -4.81. The van der Waals surface area contributed by atoms with Gasteiger partial charge in [0.05, 0.1) is 17.7 Å². The van der Waals surface area contributed by atoms with Gasteiger partial charge in [-0.1, -0.05) is 12.1 Å². The maximum Gasteiger partial charge on any atom is 0.448 e. The van der Waals surface area contributed by atoms with Gasteiger partial charge in [-0.2, -0.15) is 4.76 Å². The van der Waals surface area contributed by atoms with Crippen molar-refractivity contribution in [3.8, 4) is 5.75 Å². The fourth-order valence-electron chi connectivity index (χ4n) is 2.35. The second kappa shape index (κ2) is 6.55. The number of benzene rings is 1. The van der Waals surface area contributed by atoms with Crippen molar-refractivity contribution in [2.45, 2.75) is 12.5 Å². The molecular weight excluding hydrogens is 325 g/mol. The number of rotatable bonds is 4. The van der Waals surface area contributed by atoms with Gasteiger partial charge in [-0.15, -0.1) is 0 Å². The Hall–Kier alpha value is -2.12. The molecule has 1 aromatic rings. The molecule has 2 rings (SSSR count). The Morgan fingerprint density at radius 3 is 2.48 bits per heavy atom. The van der Waals surface area contributed by atoms with Gasteiger partial charge in [0.25, 0.3) is 0 Å². The van der Waals surface area contributed by atoms with Gasteiger partial charge in [0, 0.05) is 12.2 Å². The van der Waals surface area contributed by atoms with Crippen LogP contribution in [0.4, 0.5) is 0 Å². The van der Waals surface area contributed by atoms with E-state index in [-0.39, 0.29) is 17.9 Å². The number of aromatic hydroxyl groups is 1. The zero-order valence-corrected chi connectivity index (χ0v) is 12.7. The highest BCUT2D eigenvalue weighted by Crippen LogP contribution is 2.39. The molecule has 0 radical (unpaired) electrons. The van der Waals surface area contributed by atoms with Gasteiger partial charge in [-0.25, -0.2) is 4.57 Å². The van der Waals surface area contributed by atoms with E-state index in [0.717, 1.165) is 12.2 Å². The molecule has 1 aromatic carbocycles. The molecule has 0 aliphatic heterocycles. The van der Waals surface area contributed by atoms with E-state index in [1.54, 1.807) is 12.1 Å². The largest absolute Gasteiger partial charge is 0.511 e. The molecule has 0 saturated carbocycles. The smallest absolute Gasteiger partial charge is 0.448 e. The zero-order valence-electron chi connectivity index (χ0n) is 11.8. The number of hydrogen-bond donors (Lipinski definition) is 6. The average molecular weight is 341 g/mol. The van der Waals surface area contributed by atoms with Gasteiger partial charge in [0.1, 0.15) is 17.3 Å². The first-order chi connectivity index (χ1) is 10.7. The van der Waals surface area contributed by atoms with Crippen LogP contribution in [0.1, 0.15) is 5.56 Å². The lowest BCUT2D eigenvalue weighted by atomic mass is 9.87. The van der Waals surface area contributed by atoms with Crippen molar-refractivity contribution in [1.29, 1.82) is 0 Å². The molecule has 0 fully saturated rings. The number of allylic oxidation sites excluding steroid dienone is 2. The molecular formula is C14H16NO7P. The Morgan fingerprint density at radius 1 is 1.17 bits per heavy atom. The molecule has 0 heterocycles. The van der Waals surface area contributed by atoms with E-state index < -0.39 is 31.3 Å². The van der Waals surface area contributed by atoms with Crippen LogP contribution >= 0.6 is 7.75 Å². The number of phenols is 1. The second-order valence-electron chi connectivity index (χ2n) is 5.10. The summed E-state index contributed by atoms with van der Waals surface area (Å²) in [5.74, 6) is -2.11. The summed E-state index contributed by atoms with van der Waals surface area (Å²) < 4.78 is 14.2. The van der Waals surface area contributed by atoms with Crippen molar-refractivity contribution < 1.29 is 34.8 Å². The number of aliphatic hydroxyl groups excluding tert-OH is 3. The lowest BCUT2D eigenvalue weighted by molar-refractivity contribution is 0.130. The Bertz CT molecular complexity index is 734. The van der Waals surface area contributed by atoms with Crippen molar-refractivity contribution in [1.82, 2.24) is 0 Å². The van der Waals surface area contributed by atoms with E-state index in [9.17, 15) is 25.0 Å². The quantitative estimate of drug-likeness (QED) is 0.452. The van der Waals surface area contributed by atoms with Crippen molar-refractivity contribution in [2.75, 3.05) is 0 Å². The monoisotopic (exact) mass is 341 g/mol. The molecule has 124 valence electrons. The van der Waals surface area contributed by atoms with Crippen molar-refractivity contribution in [3.63, 3.8) is 0 Å². The summed E-state index contributed by atoms with van der Waals surface area (Å²) in [6.45, 7) is 0. The third-order valence-corrected chi connectivity index (χ3v) is 3.71. The highest BCUT2D eigenvalue weighted by atomic mass is 31.2. The van der Waals surface area contributed by atoms with Crippen LogP contribution in [0.5, 0.6) is 5.75 Å². The van der Waals surface area contributed by atoms with Crippen LogP contribution in [0, 0.1) is 5.92 Å². The fraction of sp³-hybridized carbons (Fsp3) is 0.214. The SMILES string of the molecule is O=P(O)(O)/N=C1\C=C(O)C=C(O)C1C(O)Cc1cccc(O)c1. The molecule has 0 amide bonds. The highest BCUT2D eigenvalue weighted by molar-refractivity contribution is 7.50. The summed E-state index contributed by atoms with van der Waals surface area (Å²) >= 11 is 0. The van der Waals surface area contributed by atoms with Crippen LogP contribution < -0.4 is 0 Å².